The van der Waals surface area contributed by atoms with Gasteiger partial charge in [0.05, 0.1) is 11.1 Å². The maximum atomic E-state index is 12.2. The molecule has 0 fully saturated rings. The van der Waals surface area contributed by atoms with Gasteiger partial charge in [0.1, 0.15) is 6.10 Å². The molecular formula is C16H14N2O3. The Morgan fingerprint density at radius 3 is 1.95 bits per heavy atom. The predicted molar refractivity (Wildman–Crippen MR) is 76.3 cm³/mol. The van der Waals surface area contributed by atoms with E-state index in [1.165, 1.54) is 0 Å². The van der Waals surface area contributed by atoms with Crippen molar-refractivity contribution in [2.45, 2.75) is 6.10 Å². The number of imide groups is 1. The lowest BCUT2D eigenvalue weighted by Crippen LogP contribution is -2.33. The normalized spacial score (nSPS) is 15.2. The topological polar surface area (TPSA) is 72.6 Å². The van der Waals surface area contributed by atoms with Crippen molar-refractivity contribution in [1.29, 1.82) is 0 Å². The summed E-state index contributed by atoms with van der Waals surface area (Å²) >= 11 is 0. The second-order valence-corrected chi connectivity index (χ2v) is 4.69. The Hall–Kier alpha value is -2.50. The first kappa shape index (κ1) is 13.5. The van der Waals surface area contributed by atoms with Crippen molar-refractivity contribution in [2.75, 3.05) is 6.54 Å². The largest absolute Gasteiger partial charge is 0.328 e. The number of carbonyl (C=O) groups is 2. The van der Waals surface area contributed by atoms with E-state index in [-0.39, 0.29) is 6.54 Å². The SMILES string of the molecule is NCC(ON1C(=O)c2ccccc2C1=O)c1ccccc1. The average Bonchev–Trinajstić information content (AvgIpc) is 2.78. The predicted octanol–water partition coefficient (Wildman–Crippen LogP) is 1.91. The molecule has 0 aliphatic carbocycles. The molecule has 1 aliphatic heterocycles. The Morgan fingerprint density at radius 1 is 0.905 bits per heavy atom. The number of nitrogens with two attached hydrogens (primary N) is 1. The monoisotopic (exact) mass is 282 g/mol. The number of hydroxylamine groups is 2. The Balaban J connectivity index is 1.86. The average molecular weight is 282 g/mol. The number of fused-ring (bicyclic) bond motifs is 1. The summed E-state index contributed by atoms with van der Waals surface area (Å²) in [6.45, 7) is 0.164. The maximum absolute atomic E-state index is 12.2. The molecule has 2 aromatic carbocycles. The fourth-order valence-corrected chi connectivity index (χ4v) is 2.30. The zero-order valence-corrected chi connectivity index (χ0v) is 11.2. The zero-order chi connectivity index (χ0) is 14.8. The fraction of sp³-hybridized carbons (Fsp3) is 0.125. The minimum Gasteiger partial charge on any atom is -0.328 e. The molecule has 0 bridgehead atoms. The van der Waals surface area contributed by atoms with Gasteiger partial charge in [0.15, 0.2) is 0 Å². The van der Waals surface area contributed by atoms with Gasteiger partial charge in [-0.25, -0.2) is 0 Å². The van der Waals surface area contributed by atoms with E-state index in [9.17, 15) is 9.59 Å². The molecule has 1 unspecified atom stereocenters. The van der Waals surface area contributed by atoms with Crippen LogP contribution >= 0.6 is 0 Å². The molecule has 1 atom stereocenters. The lowest BCUT2D eigenvalue weighted by molar-refractivity contribution is -0.131. The van der Waals surface area contributed by atoms with Crippen molar-refractivity contribution in [3.05, 3.63) is 71.3 Å². The number of rotatable bonds is 4. The first-order valence-corrected chi connectivity index (χ1v) is 6.62. The Kier molecular flexibility index (Phi) is 3.51. The highest BCUT2D eigenvalue weighted by Crippen LogP contribution is 2.26. The van der Waals surface area contributed by atoms with Gasteiger partial charge < -0.3 is 5.73 Å². The number of nitrogens with zero attached hydrogens (tertiary/aromatic N) is 1. The number of hydrogen-bond acceptors (Lipinski definition) is 4. The summed E-state index contributed by atoms with van der Waals surface area (Å²) in [5.41, 5.74) is 7.23. The van der Waals surface area contributed by atoms with Crippen LogP contribution in [0, 0.1) is 0 Å². The van der Waals surface area contributed by atoms with E-state index < -0.39 is 17.9 Å². The summed E-state index contributed by atoms with van der Waals surface area (Å²) in [6.07, 6.45) is -0.548. The smallest absolute Gasteiger partial charge is 0.285 e. The van der Waals surface area contributed by atoms with Crippen molar-refractivity contribution in [2.24, 2.45) is 5.73 Å². The van der Waals surface area contributed by atoms with Crippen molar-refractivity contribution in [3.63, 3.8) is 0 Å². The van der Waals surface area contributed by atoms with Crippen LogP contribution in [0.4, 0.5) is 0 Å². The number of benzene rings is 2. The van der Waals surface area contributed by atoms with E-state index in [4.69, 9.17) is 10.6 Å². The van der Waals surface area contributed by atoms with Crippen LogP contribution in [0.3, 0.4) is 0 Å². The molecule has 2 aromatic rings. The van der Waals surface area contributed by atoms with Gasteiger partial charge in [-0.3, -0.25) is 14.4 Å². The van der Waals surface area contributed by atoms with Crippen molar-refractivity contribution in [1.82, 2.24) is 5.06 Å². The highest BCUT2D eigenvalue weighted by Gasteiger charge is 2.38. The molecule has 21 heavy (non-hydrogen) atoms. The van der Waals surface area contributed by atoms with E-state index in [0.29, 0.717) is 11.1 Å². The van der Waals surface area contributed by atoms with E-state index >= 15 is 0 Å². The minimum absolute atomic E-state index is 0.164. The van der Waals surface area contributed by atoms with Gasteiger partial charge in [-0.1, -0.05) is 42.5 Å². The van der Waals surface area contributed by atoms with E-state index in [0.717, 1.165) is 10.6 Å². The summed E-state index contributed by atoms with van der Waals surface area (Å²) in [7, 11) is 0. The molecule has 1 aliphatic rings. The van der Waals surface area contributed by atoms with Crippen molar-refractivity contribution >= 4 is 11.8 Å². The molecule has 0 aromatic heterocycles. The first-order chi connectivity index (χ1) is 10.2. The second kappa shape index (κ2) is 5.47. The Labute approximate surface area is 121 Å². The van der Waals surface area contributed by atoms with Crippen LogP contribution in [-0.4, -0.2) is 23.4 Å². The summed E-state index contributed by atoms with van der Waals surface area (Å²) in [6, 6.07) is 15.9. The van der Waals surface area contributed by atoms with Gasteiger partial charge in [0, 0.05) is 6.54 Å². The third kappa shape index (κ3) is 2.33. The number of hydrogen-bond donors (Lipinski definition) is 1. The molecule has 0 spiro atoms. The van der Waals surface area contributed by atoms with E-state index in [2.05, 4.69) is 0 Å². The molecule has 1 heterocycles. The lowest BCUT2D eigenvalue weighted by Gasteiger charge is -2.21. The van der Waals surface area contributed by atoms with Gasteiger partial charge >= 0.3 is 0 Å². The second-order valence-electron chi connectivity index (χ2n) is 4.69. The van der Waals surface area contributed by atoms with Gasteiger partial charge in [0.25, 0.3) is 11.8 Å². The van der Waals surface area contributed by atoms with E-state index in [1.54, 1.807) is 24.3 Å². The molecule has 0 saturated carbocycles. The standard InChI is InChI=1S/C16H14N2O3/c17-10-14(11-6-2-1-3-7-11)21-18-15(19)12-8-4-5-9-13(12)16(18)20/h1-9,14H,10,17H2. The molecule has 0 radical (unpaired) electrons. The Bertz CT molecular complexity index is 650. The highest BCUT2D eigenvalue weighted by atomic mass is 16.7. The third-order valence-electron chi connectivity index (χ3n) is 3.37. The van der Waals surface area contributed by atoms with Crippen molar-refractivity contribution in [3.8, 4) is 0 Å². The molecule has 2 amide bonds. The van der Waals surface area contributed by atoms with Gasteiger partial charge in [0.2, 0.25) is 0 Å². The molecular weight excluding hydrogens is 268 g/mol. The summed E-state index contributed by atoms with van der Waals surface area (Å²) < 4.78 is 0. The van der Waals surface area contributed by atoms with Crippen LogP contribution < -0.4 is 5.73 Å². The molecule has 106 valence electrons. The number of amides is 2. The summed E-state index contributed by atoms with van der Waals surface area (Å²) in [5.74, 6) is -0.907. The first-order valence-electron chi connectivity index (χ1n) is 6.62. The molecule has 5 heteroatoms. The van der Waals surface area contributed by atoms with Gasteiger partial charge in [-0.05, 0) is 17.7 Å². The molecule has 3 rings (SSSR count). The van der Waals surface area contributed by atoms with Crippen LogP contribution in [0.2, 0.25) is 0 Å². The van der Waals surface area contributed by atoms with Crippen LogP contribution in [0.25, 0.3) is 0 Å². The van der Waals surface area contributed by atoms with Crippen LogP contribution in [0.15, 0.2) is 54.6 Å². The lowest BCUT2D eigenvalue weighted by atomic mass is 10.1. The summed E-state index contributed by atoms with van der Waals surface area (Å²) in [5, 5.41) is 0.801. The van der Waals surface area contributed by atoms with Gasteiger partial charge in [-0.2, -0.15) is 0 Å². The van der Waals surface area contributed by atoms with Crippen LogP contribution in [0.5, 0.6) is 0 Å². The fourth-order valence-electron chi connectivity index (χ4n) is 2.30. The number of carbonyl (C=O) groups excluding carboxylic acids is 2. The third-order valence-corrected chi connectivity index (χ3v) is 3.37. The van der Waals surface area contributed by atoms with Crippen molar-refractivity contribution < 1.29 is 14.4 Å². The van der Waals surface area contributed by atoms with Crippen LogP contribution in [0.1, 0.15) is 32.4 Å². The Morgan fingerprint density at radius 2 is 1.43 bits per heavy atom. The summed E-state index contributed by atoms with van der Waals surface area (Å²) in [4.78, 5) is 30.0. The molecule has 0 saturated heterocycles. The minimum atomic E-state index is -0.548. The van der Waals surface area contributed by atoms with Crippen LogP contribution in [-0.2, 0) is 4.84 Å². The molecule has 2 N–H and O–H groups in total. The molecule has 5 nitrogen and oxygen atoms in total. The van der Waals surface area contributed by atoms with E-state index in [1.807, 2.05) is 30.3 Å². The quantitative estimate of drug-likeness (QED) is 0.869. The zero-order valence-electron chi connectivity index (χ0n) is 11.2. The maximum Gasteiger partial charge on any atom is 0.285 e. The van der Waals surface area contributed by atoms with Gasteiger partial charge in [-0.15, -0.1) is 5.06 Å². The highest BCUT2D eigenvalue weighted by molar-refractivity contribution is 6.20.